The van der Waals surface area contributed by atoms with Crippen LogP contribution in [0.5, 0.6) is 0 Å². The Labute approximate surface area is 147 Å². The van der Waals surface area contributed by atoms with Crippen molar-refractivity contribution in [2.24, 2.45) is 0 Å². The number of carbonyl (C=O) groups excluding carboxylic acids is 2. The van der Waals surface area contributed by atoms with Crippen LogP contribution in [0.2, 0.25) is 0 Å². The SMILES string of the molecule is Cc1cc2ccccc2n1CC(=O)N1CCC(N2CCNC2=O)CC1. The average Bonchev–Trinajstić information content (AvgIpc) is 3.19. The molecule has 2 aliphatic rings. The predicted octanol–water partition coefficient (Wildman–Crippen LogP) is 1.97. The highest BCUT2D eigenvalue weighted by Crippen LogP contribution is 2.21. The molecule has 6 heteroatoms. The molecule has 0 atom stereocenters. The van der Waals surface area contributed by atoms with Crippen LogP contribution in [0.3, 0.4) is 0 Å². The summed E-state index contributed by atoms with van der Waals surface area (Å²) in [6.45, 7) is 5.40. The fourth-order valence-corrected chi connectivity index (χ4v) is 4.06. The summed E-state index contributed by atoms with van der Waals surface area (Å²) in [4.78, 5) is 28.4. The Bertz CT molecular complexity index is 805. The third-order valence-electron chi connectivity index (χ3n) is 5.46. The molecule has 0 aliphatic carbocycles. The van der Waals surface area contributed by atoms with E-state index in [9.17, 15) is 9.59 Å². The summed E-state index contributed by atoms with van der Waals surface area (Å²) in [6, 6.07) is 10.6. The number of nitrogens with zero attached hydrogens (tertiary/aromatic N) is 3. The first kappa shape index (κ1) is 16.0. The lowest BCUT2D eigenvalue weighted by Gasteiger charge is -2.36. The van der Waals surface area contributed by atoms with Crippen LogP contribution < -0.4 is 5.32 Å². The van der Waals surface area contributed by atoms with Gasteiger partial charge in [0.05, 0.1) is 0 Å². The number of hydrogen-bond donors (Lipinski definition) is 1. The summed E-state index contributed by atoms with van der Waals surface area (Å²) >= 11 is 0. The molecule has 1 N–H and O–H groups in total. The lowest BCUT2D eigenvalue weighted by molar-refractivity contribution is -0.133. The zero-order valence-electron chi connectivity index (χ0n) is 14.6. The number of amides is 3. The molecule has 2 aromatic rings. The largest absolute Gasteiger partial charge is 0.341 e. The number of hydrogen-bond acceptors (Lipinski definition) is 2. The first-order valence-corrected chi connectivity index (χ1v) is 9.00. The maximum Gasteiger partial charge on any atom is 0.317 e. The van der Waals surface area contributed by atoms with E-state index in [4.69, 9.17) is 0 Å². The number of likely N-dealkylation sites (tertiary alicyclic amines) is 1. The molecule has 6 nitrogen and oxygen atoms in total. The van der Waals surface area contributed by atoms with Crippen molar-refractivity contribution in [3.8, 4) is 0 Å². The van der Waals surface area contributed by atoms with Gasteiger partial charge in [0, 0.05) is 43.4 Å². The maximum absolute atomic E-state index is 12.8. The Hall–Kier alpha value is -2.50. The number of fused-ring (bicyclic) bond motifs is 1. The van der Waals surface area contributed by atoms with Crippen LogP contribution in [0, 0.1) is 6.92 Å². The number of benzene rings is 1. The number of carbonyl (C=O) groups is 2. The molecule has 3 amide bonds. The number of aryl methyl sites for hydroxylation is 1. The molecule has 1 aromatic heterocycles. The number of aromatic nitrogens is 1. The molecular weight excluding hydrogens is 316 g/mol. The van der Waals surface area contributed by atoms with Crippen molar-refractivity contribution < 1.29 is 9.59 Å². The van der Waals surface area contributed by atoms with Crippen LogP contribution >= 0.6 is 0 Å². The van der Waals surface area contributed by atoms with Crippen molar-refractivity contribution in [3.63, 3.8) is 0 Å². The van der Waals surface area contributed by atoms with E-state index in [1.54, 1.807) is 0 Å². The fourth-order valence-electron chi connectivity index (χ4n) is 4.06. The van der Waals surface area contributed by atoms with Crippen molar-refractivity contribution in [1.82, 2.24) is 19.7 Å². The van der Waals surface area contributed by atoms with E-state index in [1.807, 2.05) is 28.9 Å². The molecule has 2 saturated heterocycles. The van der Waals surface area contributed by atoms with Crippen molar-refractivity contribution in [2.75, 3.05) is 26.2 Å². The summed E-state index contributed by atoms with van der Waals surface area (Å²) in [5.74, 6) is 0.161. The Morgan fingerprint density at radius 1 is 1.20 bits per heavy atom. The van der Waals surface area contributed by atoms with Crippen LogP contribution in [-0.4, -0.2) is 58.5 Å². The first-order valence-electron chi connectivity index (χ1n) is 9.00. The molecular formula is C19H24N4O2. The summed E-state index contributed by atoms with van der Waals surface area (Å²) in [5.41, 5.74) is 2.22. The molecule has 2 fully saturated rings. The monoisotopic (exact) mass is 340 g/mol. The van der Waals surface area contributed by atoms with Crippen LogP contribution in [0.1, 0.15) is 18.5 Å². The minimum atomic E-state index is 0.0409. The van der Waals surface area contributed by atoms with Gasteiger partial charge < -0.3 is 19.7 Å². The standard InChI is InChI=1S/C19H24N4O2/c1-14-12-15-4-2-3-5-17(15)23(14)13-18(24)21-9-6-16(7-10-21)22-11-8-20-19(22)25/h2-5,12,16H,6-11,13H2,1H3,(H,20,25). The highest BCUT2D eigenvalue weighted by atomic mass is 16.2. The highest BCUT2D eigenvalue weighted by molar-refractivity contribution is 5.84. The second-order valence-corrected chi connectivity index (χ2v) is 6.97. The molecule has 4 rings (SSSR count). The van der Waals surface area contributed by atoms with Gasteiger partial charge in [0.1, 0.15) is 6.54 Å². The number of nitrogens with one attached hydrogen (secondary N) is 1. The zero-order chi connectivity index (χ0) is 17.4. The normalized spacial score (nSPS) is 18.8. The molecule has 1 aromatic carbocycles. The van der Waals surface area contributed by atoms with Gasteiger partial charge in [-0.05, 0) is 37.3 Å². The third-order valence-corrected chi connectivity index (χ3v) is 5.46. The molecule has 132 valence electrons. The Kier molecular flexibility index (Phi) is 4.11. The predicted molar refractivity (Wildman–Crippen MR) is 96.4 cm³/mol. The Morgan fingerprint density at radius 3 is 2.68 bits per heavy atom. The molecule has 0 saturated carbocycles. The summed E-state index contributed by atoms with van der Waals surface area (Å²) in [6.07, 6.45) is 1.73. The van der Waals surface area contributed by atoms with E-state index in [2.05, 4.69) is 28.1 Å². The summed E-state index contributed by atoms with van der Waals surface area (Å²) in [7, 11) is 0. The molecule has 0 bridgehead atoms. The van der Waals surface area contributed by atoms with Crippen LogP contribution in [0.15, 0.2) is 30.3 Å². The van der Waals surface area contributed by atoms with Gasteiger partial charge in [0.25, 0.3) is 0 Å². The average molecular weight is 340 g/mol. The molecule has 25 heavy (non-hydrogen) atoms. The summed E-state index contributed by atoms with van der Waals surface area (Å²) in [5, 5.41) is 4.03. The fraction of sp³-hybridized carbons (Fsp3) is 0.474. The van der Waals surface area contributed by atoms with Gasteiger partial charge in [-0.15, -0.1) is 0 Å². The molecule has 3 heterocycles. The molecule has 2 aliphatic heterocycles. The van der Waals surface area contributed by atoms with Gasteiger partial charge in [0.2, 0.25) is 5.91 Å². The number of urea groups is 1. The van der Waals surface area contributed by atoms with Gasteiger partial charge in [-0.25, -0.2) is 4.79 Å². The quantitative estimate of drug-likeness (QED) is 0.929. The maximum atomic E-state index is 12.8. The van der Waals surface area contributed by atoms with Crippen molar-refractivity contribution in [2.45, 2.75) is 32.4 Å². The van der Waals surface area contributed by atoms with Crippen LogP contribution in [0.25, 0.3) is 10.9 Å². The first-order chi connectivity index (χ1) is 12.1. The van der Waals surface area contributed by atoms with Gasteiger partial charge in [-0.3, -0.25) is 4.79 Å². The number of piperidine rings is 1. The van der Waals surface area contributed by atoms with E-state index >= 15 is 0 Å². The smallest absolute Gasteiger partial charge is 0.317 e. The molecule has 0 unspecified atom stereocenters. The van der Waals surface area contributed by atoms with Crippen molar-refractivity contribution in [3.05, 3.63) is 36.0 Å². The van der Waals surface area contributed by atoms with Crippen molar-refractivity contribution in [1.29, 1.82) is 0 Å². The molecule has 0 radical (unpaired) electrons. The van der Waals surface area contributed by atoms with Crippen LogP contribution in [0.4, 0.5) is 4.79 Å². The van der Waals surface area contributed by atoms with E-state index in [1.165, 1.54) is 5.39 Å². The second kappa shape index (κ2) is 6.43. The number of para-hydroxylation sites is 1. The van der Waals surface area contributed by atoms with Gasteiger partial charge in [-0.1, -0.05) is 18.2 Å². The van der Waals surface area contributed by atoms with Gasteiger partial charge >= 0.3 is 6.03 Å². The Balaban J connectivity index is 1.41. The molecule has 0 spiro atoms. The minimum absolute atomic E-state index is 0.0409. The second-order valence-electron chi connectivity index (χ2n) is 6.97. The Morgan fingerprint density at radius 2 is 1.96 bits per heavy atom. The topological polar surface area (TPSA) is 57.6 Å². The lowest BCUT2D eigenvalue weighted by atomic mass is 10.0. The zero-order valence-corrected chi connectivity index (χ0v) is 14.6. The number of rotatable bonds is 3. The minimum Gasteiger partial charge on any atom is -0.341 e. The summed E-state index contributed by atoms with van der Waals surface area (Å²) < 4.78 is 2.09. The van der Waals surface area contributed by atoms with Crippen molar-refractivity contribution >= 4 is 22.8 Å². The van der Waals surface area contributed by atoms with E-state index in [0.29, 0.717) is 6.54 Å². The van der Waals surface area contributed by atoms with E-state index in [0.717, 1.165) is 50.2 Å². The third kappa shape index (κ3) is 2.97. The van der Waals surface area contributed by atoms with Crippen LogP contribution in [-0.2, 0) is 11.3 Å². The van der Waals surface area contributed by atoms with E-state index in [-0.39, 0.29) is 18.0 Å². The van der Waals surface area contributed by atoms with Gasteiger partial charge in [-0.2, -0.15) is 0 Å². The van der Waals surface area contributed by atoms with E-state index < -0.39 is 0 Å². The lowest BCUT2D eigenvalue weighted by Crippen LogP contribution is -2.48. The highest BCUT2D eigenvalue weighted by Gasteiger charge is 2.31. The van der Waals surface area contributed by atoms with Gasteiger partial charge in [0.15, 0.2) is 0 Å².